The van der Waals surface area contributed by atoms with E-state index in [4.69, 9.17) is 0 Å². The van der Waals surface area contributed by atoms with Gasteiger partial charge in [-0.2, -0.15) is 0 Å². The molecule has 0 radical (unpaired) electrons. The standard InChI is InChI=1S/C20H22F2N2O/c1-14-5-7-15(8-6-14)13-24-11-9-16(10-12-24)20(25)23-19-17(21)3-2-4-18(19)22/h2-8,16H,9-13H2,1H3,(H,23,25). The topological polar surface area (TPSA) is 32.3 Å². The van der Waals surface area contributed by atoms with Crippen LogP contribution in [0.3, 0.4) is 0 Å². The van der Waals surface area contributed by atoms with E-state index in [0.717, 1.165) is 31.8 Å². The summed E-state index contributed by atoms with van der Waals surface area (Å²) in [4.78, 5) is 14.6. The molecule has 1 aliphatic rings. The molecule has 0 spiro atoms. The highest BCUT2D eigenvalue weighted by atomic mass is 19.1. The molecule has 1 amide bonds. The highest BCUT2D eigenvalue weighted by Gasteiger charge is 2.26. The molecule has 5 heteroatoms. The molecular formula is C20H22F2N2O. The molecule has 1 N–H and O–H groups in total. The van der Waals surface area contributed by atoms with Gasteiger partial charge < -0.3 is 5.32 Å². The van der Waals surface area contributed by atoms with Crippen molar-refractivity contribution in [1.29, 1.82) is 0 Å². The molecule has 0 saturated carbocycles. The fraction of sp³-hybridized carbons (Fsp3) is 0.350. The molecule has 1 saturated heterocycles. The third-order valence-corrected chi connectivity index (χ3v) is 4.70. The van der Waals surface area contributed by atoms with Crippen LogP contribution in [-0.2, 0) is 11.3 Å². The Morgan fingerprint density at radius 3 is 2.28 bits per heavy atom. The van der Waals surface area contributed by atoms with Crippen molar-refractivity contribution in [3.63, 3.8) is 0 Å². The van der Waals surface area contributed by atoms with Crippen LogP contribution >= 0.6 is 0 Å². The van der Waals surface area contributed by atoms with Gasteiger partial charge in [0.15, 0.2) is 0 Å². The third-order valence-electron chi connectivity index (χ3n) is 4.70. The summed E-state index contributed by atoms with van der Waals surface area (Å²) in [6.45, 7) is 4.51. The SMILES string of the molecule is Cc1ccc(CN2CCC(C(=O)Nc3c(F)cccc3F)CC2)cc1. The van der Waals surface area contributed by atoms with Crippen LogP contribution in [0.15, 0.2) is 42.5 Å². The molecule has 1 heterocycles. The normalized spacial score (nSPS) is 16.0. The fourth-order valence-electron chi connectivity index (χ4n) is 3.15. The van der Waals surface area contributed by atoms with E-state index in [2.05, 4.69) is 41.4 Å². The largest absolute Gasteiger partial charge is 0.321 e. The Kier molecular flexibility index (Phi) is 5.43. The van der Waals surface area contributed by atoms with E-state index < -0.39 is 11.6 Å². The van der Waals surface area contributed by atoms with Crippen molar-refractivity contribution in [2.75, 3.05) is 18.4 Å². The molecule has 25 heavy (non-hydrogen) atoms. The van der Waals surface area contributed by atoms with E-state index in [1.54, 1.807) is 0 Å². The van der Waals surface area contributed by atoms with Crippen LogP contribution in [0.25, 0.3) is 0 Å². The van der Waals surface area contributed by atoms with Crippen molar-refractivity contribution in [3.05, 3.63) is 65.2 Å². The van der Waals surface area contributed by atoms with Crippen molar-refractivity contribution >= 4 is 11.6 Å². The van der Waals surface area contributed by atoms with E-state index in [9.17, 15) is 13.6 Å². The van der Waals surface area contributed by atoms with Crippen LogP contribution in [0, 0.1) is 24.5 Å². The molecule has 2 aromatic rings. The molecule has 0 atom stereocenters. The van der Waals surface area contributed by atoms with Gasteiger partial charge >= 0.3 is 0 Å². The van der Waals surface area contributed by atoms with Gasteiger partial charge in [-0.25, -0.2) is 8.78 Å². The first-order valence-electron chi connectivity index (χ1n) is 8.55. The van der Waals surface area contributed by atoms with E-state index in [-0.39, 0.29) is 17.5 Å². The number of carbonyl (C=O) groups is 1. The Bertz CT molecular complexity index is 718. The predicted octanol–water partition coefficient (Wildman–Crippen LogP) is 4.12. The average molecular weight is 344 g/mol. The number of para-hydroxylation sites is 1. The average Bonchev–Trinajstić information content (AvgIpc) is 2.61. The van der Waals surface area contributed by atoms with Gasteiger partial charge in [0.05, 0.1) is 0 Å². The van der Waals surface area contributed by atoms with Crippen LogP contribution < -0.4 is 5.32 Å². The molecule has 0 unspecified atom stereocenters. The number of aryl methyl sites for hydroxylation is 1. The van der Waals surface area contributed by atoms with Crippen LogP contribution in [0.4, 0.5) is 14.5 Å². The fourth-order valence-corrected chi connectivity index (χ4v) is 3.15. The van der Waals surface area contributed by atoms with Crippen molar-refractivity contribution < 1.29 is 13.6 Å². The Morgan fingerprint density at radius 1 is 1.08 bits per heavy atom. The monoisotopic (exact) mass is 344 g/mol. The van der Waals surface area contributed by atoms with Gasteiger partial charge in [0, 0.05) is 12.5 Å². The molecule has 1 fully saturated rings. The van der Waals surface area contributed by atoms with Crippen molar-refractivity contribution in [3.8, 4) is 0 Å². The highest BCUT2D eigenvalue weighted by Crippen LogP contribution is 2.23. The maximum absolute atomic E-state index is 13.6. The summed E-state index contributed by atoms with van der Waals surface area (Å²) in [5, 5.41) is 2.41. The summed E-state index contributed by atoms with van der Waals surface area (Å²) >= 11 is 0. The zero-order valence-corrected chi connectivity index (χ0v) is 14.3. The number of likely N-dealkylation sites (tertiary alicyclic amines) is 1. The van der Waals surface area contributed by atoms with Gasteiger partial charge in [-0.15, -0.1) is 0 Å². The quantitative estimate of drug-likeness (QED) is 0.905. The van der Waals surface area contributed by atoms with Crippen molar-refractivity contribution in [1.82, 2.24) is 4.90 Å². The first-order valence-corrected chi connectivity index (χ1v) is 8.55. The first kappa shape index (κ1) is 17.5. The number of piperidine rings is 1. The van der Waals surface area contributed by atoms with Crippen molar-refractivity contribution in [2.24, 2.45) is 5.92 Å². The highest BCUT2D eigenvalue weighted by molar-refractivity contribution is 5.92. The lowest BCUT2D eigenvalue weighted by Crippen LogP contribution is -2.38. The van der Waals surface area contributed by atoms with Crippen LogP contribution in [-0.4, -0.2) is 23.9 Å². The second kappa shape index (κ2) is 7.74. The molecule has 1 aliphatic heterocycles. The van der Waals surface area contributed by atoms with E-state index >= 15 is 0 Å². The maximum atomic E-state index is 13.6. The number of nitrogens with zero attached hydrogens (tertiary/aromatic N) is 1. The van der Waals surface area contributed by atoms with Crippen LogP contribution in [0.2, 0.25) is 0 Å². The lowest BCUT2D eigenvalue weighted by Gasteiger charge is -2.31. The zero-order chi connectivity index (χ0) is 17.8. The molecule has 0 aromatic heterocycles. The molecule has 3 nitrogen and oxygen atoms in total. The van der Waals surface area contributed by atoms with Gasteiger partial charge in [0.2, 0.25) is 5.91 Å². The second-order valence-corrected chi connectivity index (χ2v) is 6.62. The minimum Gasteiger partial charge on any atom is -0.321 e. The predicted molar refractivity (Wildman–Crippen MR) is 94.2 cm³/mol. The lowest BCUT2D eigenvalue weighted by atomic mass is 9.95. The number of amides is 1. The summed E-state index contributed by atoms with van der Waals surface area (Å²) in [6.07, 6.45) is 1.38. The van der Waals surface area contributed by atoms with Gasteiger partial charge in [-0.1, -0.05) is 35.9 Å². The van der Waals surface area contributed by atoms with Gasteiger partial charge in [-0.3, -0.25) is 9.69 Å². The van der Waals surface area contributed by atoms with Crippen LogP contribution in [0.5, 0.6) is 0 Å². The molecule has 0 aliphatic carbocycles. The number of nitrogens with one attached hydrogen (secondary N) is 1. The van der Waals surface area contributed by atoms with Gasteiger partial charge in [0.25, 0.3) is 0 Å². The molecule has 2 aromatic carbocycles. The number of anilines is 1. The molecule has 132 valence electrons. The Labute approximate surface area is 146 Å². The van der Waals surface area contributed by atoms with E-state index in [1.165, 1.54) is 17.2 Å². The number of carbonyl (C=O) groups excluding carboxylic acids is 1. The molecular weight excluding hydrogens is 322 g/mol. The first-order chi connectivity index (χ1) is 12.0. The summed E-state index contributed by atoms with van der Waals surface area (Å²) in [6, 6.07) is 12.0. The lowest BCUT2D eigenvalue weighted by molar-refractivity contribution is -0.121. The minimum atomic E-state index is -0.745. The summed E-state index contributed by atoms with van der Waals surface area (Å²) in [5.41, 5.74) is 2.14. The van der Waals surface area contributed by atoms with Crippen molar-refractivity contribution in [2.45, 2.75) is 26.3 Å². The number of rotatable bonds is 4. The minimum absolute atomic E-state index is 0.215. The maximum Gasteiger partial charge on any atom is 0.227 e. The summed E-state index contributed by atoms with van der Waals surface area (Å²) < 4.78 is 27.3. The van der Waals surface area contributed by atoms with E-state index in [0.29, 0.717) is 12.8 Å². The second-order valence-electron chi connectivity index (χ2n) is 6.62. The molecule has 0 bridgehead atoms. The smallest absolute Gasteiger partial charge is 0.227 e. The zero-order valence-electron chi connectivity index (χ0n) is 14.3. The summed E-state index contributed by atoms with van der Waals surface area (Å²) in [7, 11) is 0. The number of hydrogen-bond donors (Lipinski definition) is 1. The van der Waals surface area contributed by atoms with E-state index in [1.807, 2.05) is 0 Å². The third kappa shape index (κ3) is 4.42. The Hall–Kier alpha value is -2.27. The number of benzene rings is 2. The summed E-state index contributed by atoms with van der Waals surface area (Å²) in [5.74, 6) is -2.01. The van der Waals surface area contributed by atoms with Gasteiger partial charge in [0.1, 0.15) is 17.3 Å². The molecule has 3 rings (SSSR count). The number of halogens is 2. The van der Waals surface area contributed by atoms with Crippen LogP contribution in [0.1, 0.15) is 24.0 Å². The number of hydrogen-bond acceptors (Lipinski definition) is 2. The Balaban J connectivity index is 1.53. The Morgan fingerprint density at radius 2 is 1.68 bits per heavy atom. The van der Waals surface area contributed by atoms with Gasteiger partial charge in [-0.05, 0) is 50.6 Å².